The Morgan fingerprint density at radius 1 is 1.16 bits per heavy atom. The van der Waals surface area contributed by atoms with E-state index in [-0.39, 0.29) is 6.61 Å². The van der Waals surface area contributed by atoms with Crippen LogP contribution in [-0.2, 0) is 11.2 Å². The topological polar surface area (TPSA) is 29.5 Å². The number of aliphatic hydroxyl groups is 1. The normalized spacial score (nSPS) is 12.9. The van der Waals surface area contributed by atoms with Crippen molar-refractivity contribution in [3.8, 4) is 0 Å². The summed E-state index contributed by atoms with van der Waals surface area (Å²) < 4.78 is 5.63. The Kier molecular flexibility index (Phi) is 7.76. The molecule has 0 saturated heterocycles. The monoisotopic (exact) mass is 264 g/mol. The van der Waals surface area contributed by atoms with Crippen LogP contribution in [0.25, 0.3) is 0 Å². The third-order valence-corrected chi connectivity index (χ3v) is 3.38. The van der Waals surface area contributed by atoms with E-state index in [1.807, 2.05) is 0 Å². The number of hydrogen-bond donors (Lipinski definition) is 1. The summed E-state index contributed by atoms with van der Waals surface area (Å²) >= 11 is 0. The molecule has 1 atom stereocenters. The average Bonchev–Trinajstić information content (AvgIpc) is 2.36. The lowest BCUT2D eigenvalue weighted by molar-refractivity contribution is 0.0984. The maximum atomic E-state index is 9.45. The minimum absolute atomic E-state index is 0.238. The van der Waals surface area contributed by atoms with Crippen molar-refractivity contribution in [1.29, 1.82) is 0 Å². The minimum atomic E-state index is 0.238. The molecule has 2 nitrogen and oxygen atoms in total. The maximum Gasteiger partial charge on any atom is 0.0469 e. The van der Waals surface area contributed by atoms with Crippen LogP contribution in [0.3, 0.4) is 0 Å². The first-order valence-electron chi connectivity index (χ1n) is 7.36. The Labute approximate surface area is 117 Å². The summed E-state index contributed by atoms with van der Waals surface area (Å²) in [5, 5.41) is 9.45. The number of aryl methyl sites for hydroxylation is 1. The van der Waals surface area contributed by atoms with E-state index in [0.717, 1.165) is 32.5 Å². The molecule has 19 heavy (non-hydrogen) atoms. The van der Waals surface area contributed by atoms with Gasteiger partial charge in [-0.25, -0.2) is 0 Å². The smallest absolute Gasteiger partial charge is 0.0469 e. The molecule has 0 aliphatic carbocycles. The zero-order valence-electron chi connectivity index (χ0n) is 12.6. The Balaban J connectivity index is 2.26. The van der Waals surface area contributed by atoms with Gasteiger partial charge in [-0.05, 0) is 43.6 Å². The fourth-order valence-electron chi connectivity index (χ4n) is 2.10. The van der Waals surface area contributed by atoms with Crippen molar-refractivity contribution < 1.29 is 9.84 Å². The van der Waals surface area contributed by atoms with Crippen molar-refractivity contribution in [2.75, 3.05) is 19.8 Å². The van der Waals surface area contributed by atoms with Crippen molar-refractivity contribution in [3.63, 3.8) is 0 Å². The van der Waals surface area contributed by atoms with Gasteiger partial charge in [0.2, 0.25) is 0 Å². The van der Waals surface area contributed by atoms with Gasteiger partial charge in [0.15, 0.2) is 0 Å². The lowest BCUT2D eigenvalue weighted by Gasteiger charge is -2.15. The molecule has 0 radical (unpaired) electrons. The summed E-state index contributed by atoms with van der Waals surface area (Å²) in [7, 11) is 0. The first kappa shape index (κ1) is 16.2. The summed E-state index contributed by atoms with van der Waals surface area (Å²) in [6, 6.07) is 8.52. The van der Waals surface area contributed by atoms with Gasteiger partial charge in [-0.15, -0.1) is 0 Å². The van der Waals surface area contributed by atoms with E-state index in [9.17, 15) is 5.11 Å². The molecule has 0 saturated carbocycles. The molecule has 0 aliphatic heterocycles. The van der Waals surface area contributed by atoms with Crippen molar-refractivity contribution >= 4 is 0 Å². The van der Waals surface area contributed by atoms with Crippen LogP contribution in [0.4, 0.5) is 0 Å². The molecule has 0 amide bonds. The van der Waals surface area contributed by atoms with Gasteiger partial charge in [-0.1, -0.05) is 43.7 Å². The molecule has 0 spiro atoms. The molecular weight excluding hydrogens is 236 g/mol. The largest absolute Gasteiger partial charge is 0.396 e. The molecule has 0 bridgehead atoms. The first-order chi connectivity index (χ1) is 9.11. The fraction of sp³-hybridized carbons (Fsp3) is 0.647. The van der Waals surface area contributed by atoms with Gasteiger partial charge < -0.3 is 9.84 Å². The lowest BCUT2D eigenvalue weighted by Crippen LogP contribution is -2.13. The maximum absolute atomic E-state index is 9.45. The van der Waals surface area contributed by atoms with Gasteiger partial charge in [-0.2, -0.15) is 0 Å². The van der Waals surface area contributed by atoms with Crippen LogP contribution in [0, 0.1) is 18.8 Å². The van der Waals surface area contributed by atoms with Crippen LogP contribution in [-0.4, -0.2) is 24.9 Å². The highest BCUT2D eigenvalue weighted by Gasteiger charge is 2.09. The fourth-order valence-corrected chi connectivity index (χ4v) is 2.10. The molecule has 1 aromatic carbocycles. The van der Waals surface area contributed by atoms with Crippen molar-refractivity contribution in [2.45, 2.75) is 40.0 Å². The van der Waals surface area contributed by atoms with E-state index in [0.29, 0.717) is 11.8 Å². The van der Waals surface area contributed by atoms with Crippen LogP contribution in [0.5, 0.6) is 0 Å². The summed E-state index contributed by atoms with van der Waals surface area (Å²) in [6.07, 6.45) is 2.98. The average molecular weight is 264 g/mol. The van der Waals surface area contributed by atoms with Crippen LogP contribution >= 0.6 is 0 Å². The SMILES string of the molecule is Cc1cccc(CC(CO)CCOCCC(C)C)c1. The summed E-state index contributed by atoms with van der Waals surface area (Å²) in [5.74, 6) is 1.00. The van der Waals surface area contributed by atoms with E-state index in [1.165, 1.54) is 11.1 Å². The molecule has 0 fully saturated rings. The van der Waals surface area contributed by atoms with Gasteiger partial charge >= 0.3 is 0 Å². The third-order valence-electron chi connectivity index (χ3n) is 3.38. The van der Waals surface area contributed by atoms with Gasteiger partial charge in [0.25, 0.3) is 0 Å². The number of rotatable bonds is 9. The van der Waals surface area contributed by atoms with E-state index >= 15 is 0 Å². The molecule has 0 aliphatic rings. The number of ether oxygens (including phenoxy) is 1. The second-order valence-electron chi connectivity index (χ2n) is 5.83. The Hall–Kier alpha value is -0.860. The predicted octanol–water partition coefficient (Wildman–Crippen LogP) is 3.60. The highest BCUT2D eigenvalue weighted by Crippen LogP contribution is 2.14. The second kappa shape index (κ2) is 9.11. The van der Waals surface area contributed by atoms with Crippen LogP contribution < -0.4 is 0 Å². The minimum Gasteiger partial charge on any atom is -0.396 e. The second-order valence-corrected chi connectivity index (χ2v) is 5.83. The lowest BCUT2D eigenvalue weighted by atomic mass is 9.96. The molecular formula is C17H28O2. The number of benzene rings is 1. The van der Waals surface area contributed by atoms with Crippen LogP contribution in [0.15, 0.2) is 24.3 Å². The van der Waals surface area contributed by atoms with Gasteiger partial charge in [0, 0.05) is 19.8 Å². The van der Waals surface area contributed by atoms with Crippen LogP contribution in [0.1, 0.15) is 37.8 Å². The summed E-state index contributed by atoms with van der Waals surface area (Å²) in [5.41, 5.74) is 2.59. The van der Waals surface area contributed by atoms with Gasteiger partial charge in [-0.3, -0.25) is 0 Å². The highest BCUT2D eigenvalue weighted by molar-refractivity contribution is 5.22. The van der Waals surface area contributed by atoms with E-state index in [2.05, 4.69) is 45.0 Å². The van der Waals surface area contributed by atoms with Crippen molar-refractivity contribution in [3.05, 3.63) is 35.4 Å². The Bertz CT molecular complexity index is 347. The number of aliphatic hydroxyl groups excluding tert-OH is 1. The van der Waals surface area contributed by atoms with E-state index < -0.39 is 0 Å². The molecule has 108 valence electrons. The third kappa shape index (κ3) is 7.34. The highest BCUT2D eigenvalue weighted by atomic mass is 16.5. The standard InChI is InChI=1S/C17H28O2/c1-14(2)7-9-19-10-8-17(13-18)12-16-6-4-5-15(3)11-16/h4-6,11,14,17-18H,7-10,12-13H2,1-3H3. The first-order valence-corrected chi connectivity index (χ1v) is 7.36. The molecule has 2 heteroatoms. The predicted molar refractivity (Wildman–Crippen MR) is 80.3 cm³/mol. The molecule has 1 N–H and O–H groups in total. The Morgan fingerprint density at radius 2 is 1.89 bits per heavy atom. The summed E-state index contributed by atoms with van der Waals surface area (Å²) in [6.45, 7) is 8.34. The van der Waals surface area contributed by atoms with Gasteiger partial charge in [0.1, 0.15) is 0 Å². The van der Waals surface area contributed by atoms with Crippen molar-refractivity contribution in [2.24, 2.45) is 11.8 Å². The summed E-state index contributed by atoms with van der Waals surface area (Å²) in [4.78, 5) is 0. The molecule has 0 heterocycles. The van der Waals surface area contributed by atoms with Crippen LogP contribution in [0.2, 0.25) is 0 Å². The molecule has 0 aromatic heterocycles. The molecule has 1 unspecified atom stereocenters. The Morgan fingerprint density at radius 3 is 2.53 bits per heavy atom. The van der Waals surface area contributed by atoms with E-state index in [4.69, 9.17) is 4.74 Å². The van der Waals surface area contributed by atoms with Crippen molar-refractivity contribution in [1.82, 2.24) is 0 Å². The van der Waals surface area contributed by atoms with E-state index in [1.54, 1.807) is 0 Å². The zero-order chi connectivity index (χ0) is 14.1. The quantitative estimate of drug-likeness (QED) is 0.691. The molecule has 1 aromatic rings. The number of hydrogen-bond acceptors (Lipinski definition) is 2. The zero-order valence-corrected chi connectivity index (χ0v) is 12.6. The van der Waals surface area contributed by atoms with Gasteiger partial charge in [0.05, 0.1) is 0 Å². The molecule has 1 rings (SSSR count).